The van der Waals surface area contributed by atoms with Crippen LogP contribution < -0.4 is 5.32 Å². The smallest absolute Gasteiger partial charge is 0.0172 e. The van der Waals surface area contributed by atoms with E-state index in [0.717, 1.165) is 4.75 Å². The summed E-state index contributed by atoms with van der Waals surface area (Å²) in [6.07, 6.45) is 5.86. The van der Waals surface area contributed by atoms with Crippen molar-refractivity contribution < 1.29 is 0 Å². The van der Waals surface area contributed by atoms with Gasteiger partial charge in [0, 0.05) is 17.0 Å². The molecule has 1 aliphatic carbocycles. The Morgan fingerprint density at radius 3 is 2.55 bits per heavy atom. The molecule has 1 N–H and O–H groups in total. The molecule has 2 fully saturated rings. The van der Waals surface area contributed by atoms with Crippen molar-refractivity contribution in [1.29, 1.82) is 0 Å². The topological polar surface area (TPSA) is 12.0 Å². The molecular formula is C8H16ClNS. The Morgan fingerprint density at radius 1 is 1.09 bits per heavy atom. The van der Waals surface area contributed by atoms with E-state index in [4.69, 9.17) is 0 Å². The quantitative estimate of drug-likeness (QED) is 0.632. The first-order valence-corrected chi connectivity index (χ1v) is 5.25. The van der Waals surface area contributed by atoms with Gasteiger partial charge in [0.1, 0.15) is 0 Å². The van der Waals surface area contributed by atoms with Gasteiger partial charge < -0.3 is 5.32 Å². The second-order valence-electron chi connectivity index (χ2n) is 3.39. The van der Waals surface area contributed by atoms with E-state index in [9.17, 15) is 0 Å². The second kappa shape index (κ2) is 4.01. The summed E-state index contributed by atoms with van der Waals surface area (Å²) >= 11 is 2.21. The van der Waals surface area contributed by atoms with Gasteiger partial charge in [0.05, 0.1) is 0 Å². The summed E-state index contributed by atoms with van der Waals surface area (Å²) in [5.41, 5.74) is 0. The van der Waals surface area contributed by atoms with Gasteiger partial charge in [-0.05, 0) is 25.8 Å². The average molecular weight is 194 g/mol. The van der Waals surface area contributed by atoms with E-state index in [2.05, 4.69) is 17.1 Å². The standard InChI is InChI=1S/C8H15NS.ClH/c1-2-8(3-1)4-5-9-6-7-10-8;/h9H,1-7H2;1H. The van der Waals surface area contributed by atoms with Crippen LogP contribution in [-0.4, -0.2) is 23.6 Å². The molecule has 1 spiro atoms. The predicted octanol–water partition coefficient (Wildman–Crippen LogP) is 2.06. The molecular weight excluding hydrogens is 178 g/mol. The molecule has 0 radical (unpaired) electrons. The number of thioether (sulfide) groups is 1. The van der Waals surface area contributed by atoms with Crippen LogP contribution >= 0.6 is 24.2 Å². The number of nitrogens with one attached hydrogen (secondary N) is 1. The van der Waals surface area contributed by atoms with E-state index in [1.54, 1.807) is 0 Å². The lowest BCUT2D eigenvalue weighted by molar-refractivity contribution is 0.342. The van der Waals surface area contributed by atoms with Gasteiger partial charge in [0.15, 0.2) is 0 Å². The number of hydrogen-bond acceptors (Lipinski definition) is 2. The normalized spacial score (nSPS) is 28.4. The lowest BCUT2D eigenvalue weighted by Crippen LogP contribution is -2.34. The number of halogens is 1. The third-order valence-corrected chi connectivity index (χ3v) is 4.34. The van der Waals surface area contributed by atoms with Crippen molar-refractivity contribution in [3.8, 4) is 0 Å². The van der Waals surface area contributed by atoms with E-state index in [1.807, 2.05) is 0 Å². The molecule has 2 rings (SSSR count). The zero-order chi connectivity index (χ0) is 6.86. The Balaban J connectivity index is 0.000000605. The minimum Gasteiger partial charge on any atom is -0.316 e. The largest absolute Gasteiger partial charge is 0.316 e. The molecule has 11 heavy (non-hydrogen) atoms. The highest BCUT2D eigenvalue weighted by Crippen LogP contribution is 2.46. The zero-order valence-electron chi connectivity index (χ0n) is 6.77. The van der Waals surface area contributed by atoms with Crippen LogP contribution in [0.15, 0.2) is 0 Å². The molecule has 0 unspecified atom stereocenters. The van der Waals surface area contributed by atoms with Gasteiger partial charge in [-0.2, -0.15) is 11.8 Å². The monoisotopic (exact) mass is 193 g/mol. The first kappa shape index (κ1) is 9.69. The van der Waals surface area contributed by atoms with Crippen molar-refractivity contribution in [3.05, 3.63) is 0 Å². The van der Waals surface area contributed by atoms with Crippen LogP contribution in [0.1, 0.15) is 25.7 Å². The van der Waals surface area contributed by atoms with Gasteiger partial charge in [-0.1, -0.05) is 6.42 Å². The van der Waals surface area contributed by atoms with Crippen LogP contribution in [0.2, 0.25) is 0 Å². The van der Waals surface area contributed by atoms with E-state index < -0.39 is 0 Å². The lowest BCUT2D eigenvalue weighted by atomic mass is 9.82. The Kier molecular flexibility index (Phi) is 3.53. The fraction of sp³-hybridized carbons (Fsp3) is 1.00. The average Bonchev–Trinajstić information content (AvgIpc) is 2.08. The van der Waals surface area contributed by atoms with E-state index >= 15 is 0 Å². The maximum atomic E-state index is 3.45. The molecule has 1 saturated carbocycles. The molecule has 3 heteroatoms. The van der Waals surface area contributed by atoms with Gasteiger partial charge in [0.25, 0.3) is 0 Å². The summed E-state index contributed by atoms with van der Waals surface area (Å²) < 4.78 is 0.740. The van der Waals surface area contributed by atoms with Gasteiger partial charge >= 0.3 is 0 Å². The molecule has 0 aromatic heterocycles. The fourth-order valence-corrected chi connectivity index (χ4v) is 3.32. The number of hydrogen-bond donors (Lipinski definition) is 1. The molecule has 0 amide bonds. The van der Waals surface area contributed by atoms with Crippen molar-refractivity contribution in [2.45, 2.75) is 30.4 Å². The summed E-state index contributed by atoms with van der Waals surface area (Å²) in [7, 11) is 0. The summed E-state index contributed by atoms with van der Waals surface area (Å²) in [6.45, 7) is 2.49. The highest BCUT2D eigenvalue weighted by atomic mass is 35.5. The van der Waals surface area contributed by atoms with Crippen molar-refractivity contribution in [3.63, 3.8) is 0 Å². The molecule has 2 aliphatic rings. The van der Waals surface area contributed by atoms with Crippen molar-refractivity contribution in [2.24, 2.45) is 0 Å². The third kappa shape index (κ3) is 2.04. The first-order chi connectivity index (χ1) is 4.91. The fourth-order valence-electron chi connectivity index (χ4n) is 1.82. The number of rotatable bonds is 0. The SMILES string of the molecule is C1CC2(C1)CCNCCS2.Cl. The predicted molar refractivity (Wildman–Crippen MR) is 53.8 cm³/mol. The van der Waals surface area contributed by atoms with Crippen LogP contribution in [-0.2, 0) is 0 Å². The Hall–Kier alpha value is 0.600. The van der Waals surface area contributed by atoms with E-state index in [1.165, 1.54) is 44.5 Å². The van der Waals surface area contributed by atoms with Crippen LogP contribution in [0.5, 0.6) is 0 Å². The van der Waals surface area contributed by atoms with Crippen LogP contribution in [0.4, 0.5) is 0 Å². The minimum atomic E-state index is 0. The molecule has 1 nitrogen and oxygen atoms in total. The van der Waals surface area contributed by atoms with Gasteiger partial charge in [-0.15, -0.1) is 12.4 Å². The molecule has 1 heterocycles. The van der Waals surface area contributed by atoms with Gasteiger partial charge in [0.2, 0.25) is 0 Å². The Labute approximate surface area is 79.1 Å². The maximum absolute atomic E-state index is 3.45. The molecule has 0 bridgehead atoms. The summed E-state index contributed by atoms with van der Waals surface area (Å²) in [4.78, 5) is 0. The zero-order valence-corrected chi connectivity index (χ0v) is 8.40. The summed E-state index contributed by atoms with van der Waals surface area (Å²) in [5, 5.41) is 3.45. The summed E-state index contributed by atoms with van der Waals surface area (Å²) in [5.74, 6) is 1.33. The third-order valence-electron chi connectivity index (χ3n) is 2.71. The van der Waals surface area contributed by atoms with Gasteiger partial charge in [-0.25, -0.2) is 0 Å². The van der Waals surface area contributed by atoms with Crippen LogP contribution in [0.25, 0.3) is 0 Å². The Bertz CT molecular complexity index is 115. The molecule has 0 aromatic rings. The molecule has 66 valence electrons. The van der Waals surface area contributed by atoms with Crippen LogP contribution in [0, 0.1) is 0 Å². The van der Waals surface area contributed by atoms with E-state index in [-0.39, 0.29) is 12.4 Å². The molecule has 0 aromatic carbocycles. The van der Waals surface area contributed by atoms with Gasteiger partial charge in [-0.3, -0.25) is 0 Å². The lowest BCUT2D eigenvalue weighted by Gasteiger charge is -2.40. The highest BCUT2D eigenvalue weighted by molar-refractivity contribution is 8.00. The maximum Gasteiger partial charge on any atom is 0.0172 e. The minimum absolute atomic E-state index is 0. The second-order valence-corrected chi connectivity index (χ2v) is 4.95. The molecule has 0 atom stereocenters. The first-order valence-electron chi connectivity index (χ1n) is 4.26. The Morgan fingerprint density at radius 2 is 1.91 bits per heavy atom. The molecule has 1 aliphatic heterocycles. The van der Waals surface area contributed by atoms with Crippen molar-refractivity contribution in [2.75, 3.05) is 18.8 Å². The van der Waals surface area contributed by atoms with Crippen molar-refractivity contribution in [1.82, 2.24) is 5.32 Å². The van der Waals surface area contributed by atoms with E-state index in [0.29, 0.717) is 0 Å². The highest BCUT2D eigenvalue weighted by Gasteiger charge is 2.37. The summed E-state index contributed by atoms with van der Waals surface area (Å²) in [6, 6.07) is 0. The molecule has 1 saturated heterocycles. The van der Waals surface area contributed by atoms with Crippen LogP contribution in [0.3, 0.4) is 0 Å². The van der Waals surface area contributed by atoms with Crippen molar-refractivity contribution >= 4 is 24.2 Å².